The fourth-order valence-electron chi connectivity index (χ4n) is 3.80. The molecule has 0 aromatic heterocycles. The second kappa shape index (κ2) is 14.0. The first-order valence-corrected chi connectivity index (χ1v) is 11.3. The van der Waals surface area contributed by atoms with E-state index in [0.29, 0.717) is 18.2 Å². The van der Waals surface area contributed by atoms with E-state index in [2.05, 4.69) is 41.8 Å². The lowest BCUT2D eigenvalue weighted by atomic mass is 9.89. The minimum absolute atomic E-state index is 0. The number of aliphatic imine (C=N–C) groups is 1. The molecule has 2 aromatic rings. The number of hydrogen-bond donors (Lipinski definition) is 3. The predicted octanol–water partition coefficient (Wildman–Crippen LogP) is 3.70. The second-order valence-corrected chi connectivity index (χ2v) is 8.08. The maximum Gasteiger partial charge on any atom is 0.255 e. The van der Waals surface area contributed by atoms with Crippen LogP contribution >= 0.6 is 24.0 Å². The first-order valence-electron chi connectivity index (χ1n) is 11.3. The summed E-state index contributed by atoms with van der Waals surface area (Å²) < 4.78 is 11.5. The third-order valence-corrected chi connectivity index (χ3v) is 5.43. The molecular formula is C25H35IN4O3. The van der Waals surface area contributed by atoms with E-state index in [-0.39, 0.29) is 36.7 Å². The highest BCUT2D eigenvalue weighted by molar-refractivity contribution is 14.0. The van der Waals surface area contributed by atoms with Crippen molar-refractivity contribution < 1.29 is 14.3 Å². The van der Waals surface area contributed by atoms with Crippen LogP contribution in [0.2, 0.25) is 0 Å². The summed E-state index contributed by atoms with van der Waals surface area (Å²) in [4.78, 5) is 15.6. The Bertz CT molecular complexity index is 905. The van der Waals surface area contributed by atoms with E-state index < -0.39 is 5.91 Å². The predicted molar refractivity (Wildman–Crippen MR) is 142 cm³/mol. The van der Waals surface area contributed by atoms with Gasteiger partial charge in [0.1, 0.15) is 5.75 Å². The lowest BCUT2D eigenvalue weighted by Gasteiger charge is -2.32. The Morgan fingerprint density at radius 3 is 2.73 bits per heavy atom. The molecule has 1 aliphatic rings. The van der Waals surface area contributed by atoms with Gasteiger partial charge in [0, 0.05) is 25.6 Å². The van der Waals surface area contributed by atoms with Crippen molar-refractivity contribution in [2.75, 3.05) is 26.3 Å². The van der Waals surface area contributed by atoms with Crippen molar-refractivity contribution in [3.8, 4) is 5.75 Å². The molecule has 1 amide bonds. The number of aryl methyl sites for hydroxylation is 1. The van der Waals surface area contributed by atoms with E-state index in [1.54, 1.807) is 6.07 Å². The van der Waals surface area contributed by atoms with E-state index in [4.69, 9.17) is 20.2 Å². The number of halogens is 1. The molecule has 0 radical (unpaired) electrons. The van der Waals surface area contributed by atoms with Gasteiger partial charge in [0.05, 0.1) is 12.6 Å². The summed E-state index contributed by atoms with van der Waals surface area (Å²) in [6.45, 7) is 6.87. The Labute approximate surface area is 213 Å². The molecule has 1 aliphatic heterocycles. The quantitative estimate of drug-likeness (QED) is 0.244. The highest BCUT2D eigenvalue weighted by atomic mass is 127. The molecule has 0 bridgehead atoms. The molecule has 33 heavy (non-hydrogen) atoms. The maximum absolute atomic E-state index is 10.9. The van der Waals surface area contributed by atoms with Crippen LogP contribution in [0.25, 0.3) is 0 Å². The first-order chi connectivity index (χ1) is 15.5. The molecule has 1 saturated heterocycles. The fourth-order valence-corrected chi connectivity index (χ4v) is 3.80. The van der Waals surface area contributed by atoms with Crippen LogP contribution in [0, 0.1) is 12.8 Å². The molecule has 1 heterocycles. The lowest BCUT2D eigenvalue weighted by Crippen LogP contribution is -2.42. The van der Waals surface area contributed by atoms with Crippen molar-refractivity contribution >= 4 is 35.8 Å². The molecule has 7 nitrogen and oxygen atoms in total. The van der Waals surface area contributed by atoms with Crippen LogP contribution in [0.4, 0.5) is 0 Å². The monoisotopic (exact) mass is 566 g/mol. The second-order valence-electron chi connectivity index (χ2n) is 8.08. The van der Waals surface area contributed by atoms with Crippen molar-refractivity contribution in [2.24, 2.45) is 16.6 Å². The molecule has 1 fully saturated rings. The van der Waals surface area contributed by atoms with Gasteiger partial charge in [-0.1, -0.05) is 42.0 Å². The zero-order chi connectivity index (χ0) is 22.8. The molecule has 2 unspecified atom stereocenters. The number of primary amides is 1. The van der Waals surface area contributed by atoms with E-state index in [0.717, 1.165) is 44.1 Å². The van der Waals surface area contributed by atoms with Crippen molar-refractivity contribution in [1.29, 1.82) is 0 Å². The zero-order valence-corrected chi connectivity index (χ0v) is 21.7. The zero-order valence-electron chi connectivity index (χ0n) is 19.4. The van der Waals surface area contributed by atoms with Gasteiger partial charge in [-0.15, -0.1) is 24.0 Å². The third kappa shape index (κ3) is 8.85. The van der Waals surface area contributed by atoms with E-state index >= 15 is 0 Å². The molecule has 8 heteroatoms. The minimum Gasteiger partial charge on any atom is -0.484 e. The molecule has 2 atom stereocenters. The molecule has 0 spiro atoms. The van der Waals surface area contributed by atoms with Gasteiger partial charge in [0.2, 0.25) is 0 Å². The average molecular weight is 566 g/mol. The van der Waals surface area contributed by atoms with Crippen LogP contribution in [0.3, 0.4) is 0 Å². The number of benzene rings is 2. The van der Waals surface area contributed by atoms with Crippen molar-refractivity contribution in [1.82, 2.24) is 10.6 Å². The largest absolute Gasteiger partial charge is 0.484 e. The smallest absolute Gasteiger partial charge is 0.255 e. The lowest BCUT2D eigenvalue weighted by molar-refractivity contribution is -0.119. The van der Waals surface area contributed by atoms with Gasteiger partial charge in [0.15, 0.2) is 12.6 Å². The Hall–Kier alpha value is -2.33. The number of guanidine groups is 1. The summed E-state index contributed by atoms with van der Waals surface area (Å²) in [5.74, 6) is 1.25. The Balaban J connectivity index is 0.00000385. The minimum atomic E-state index is -0.498. The van der Waals surface area contributed by atoms with Crippen LogP contribution in [-0.4, -0.2) is 38.2 Å². The van der Waals surface area contributed by atoms with Gasteiger partial charge >= 0.3 is 0 Å². The van der Waals surface area contributed by atoms with Crippen LogP contribution < -0.4 is 21.1 Å². The first kappa shape index (κ1) is 26.9. The SMILES string of the molecule is CCNC(=NCc1cccc(OCC(N)=O)c1)NCC1CCCOC1c1ccc(C)cc1.I. The number of amides is 1. The van der Waals surface area contributed by atoms with Gasteiger partial charge in [-0.05, 0) is 49.9 Å². The topological polar surface area (TPSA) is 98.0 Å². The van der Waals surface area contributed by atoms with Crippen LogP contribution in [0.5, 0.6) is 5.75 Å². The van der Waals surface area contributed by atoms with Gasteiger partial charge in [-0.25, -0.2) is 4.99 Å². The van der Waals surface area contributed by atoms with E-state index in [1.165, 1.54) is 11.1 Å². The average Bonchev–Trinajstić information content (AvgIpc) is 2.80. The molecule has 4 N–H and O–H groups in total. The van der Waals surface area contributed by atoms with Gasteiger partial charge in [-0.2, -0.15) is 0 Å². The van der Waals surface area contributed by atoms with Crippen LogP contribution in [0.15, 0.2) is 53.5 Å². The Kier molecular flexibility index (Phi) is 11.5. The van der Waals surface area contributed by atoms with Crippen molar-refractivity contribution in [3.05, 3.63) is 65.2 Å². The van der Waals surface area contributed by atoms with Gasteiger partial charge < -0.3 is 25.8 Å². The molecule has 2 aromatic carbocycles. The molecule has 180 valence electrons. The number of nitrogens with one attached hydrogen (secondary N) is 2. The molecular weight excluding hydrogens is 531 g/mol. The molecule has 3 rings (SSSR count). The summed E-state index contributed by atoms with van der Waals surface area (Å²) >= 11 is 0. The summed E-state index contributed by atoms with van der Waals surface area (Å²) in [6.07, 6.45) is 2.28. The number of carbonyl (C=O) groups excluding carboxylic acids is 1. The molecule has 0 aliphatic carbocycles. The van der Waals surface area contributed by atoms with Crippen molar-refractivity contribution in [3.63, 3.8) is 0 Å². The van der Waals surface area contributed by atoms with Crippen LogP contribution in [0.1, 0.15) is 42.6 Å². The van der Waals surface area contributed by atoms with Gasteiger partial charge in [-0.3, -0.25) is 4.79 Å². The number of rotatable bonds is 9. The Morgan fingerprint density at radius 2 is 2.00 bits per heavy atom. The molecule has 0 saturated carbocycles. The Morgan fingerprint density at radius 1 is 1.21 bits per heavy atom. The van der Waals surface area contributed by atoms with E-state index in [1.807, 2.05) is 25.1 Å². The summed E-state index contributed by atoms with van der Waals surface area (Å²) in [7, 11) is 0. The summed E-state index contributed by atoms with van der Waals surface area (Å²) in [5.41, 5.74) is 8.62. The standard InChI is InChI=1S/C25H34N4O3.HI/c1-3-27-25(28-15-19-6-4-8-22(14-19)32-17-23(26)30)29-16-21-7-5-13-31-24(21)20-11-9-18(2)10-12-20;/h4,6,8-12,14,21,24H,3,5,7,13,15-17H2,1-2H3,(H2,26,30)(H2,27,28,29);1H. The van der Waals surface area contributed by atoms with Crippen molar-refractivity contribution in [2.45, 2.75) is 39.3 Å². The normalized spacial score (nSPS) is 18.2. The van der Waals surface area contributed by atoms with E-state index in [9.17, 15) is 4.79 Å². The number of nitrogens with zero attached hydrogens (tertiary/aromatic N) is 1. The number of carbonyl (C=O) groups is 1. The third-order valence-electron chi connectivity index (χ3n) is 5.43. The fraction of sp³-hybridized carbons (Fsp3) is 0.440. The number of nitrogens with two attached hydrogens (primary N) is 1. The summed E-state index contributed by atoms with van der Waals surface area (Å²) in [5, 5.41) is 6.81. The summed E-state index contributed by atoms with van der Waals surface area (Å²) in [6, 6.07) is 16.2. The highest BCUT2D eigenvalue weighted by Gasteiger charge is 2.27. The number of hydrogen-bond acceptors (Lipinski definition) is 4. The highest BCUT2D eigenvalue weighted by Crippen LogP contribution is 2.33. The maximum atomic E-state index is 10.9. The van der Waals surface area contributed by atoms with Gasteiger partial charge in [0.25, 0.3) is 5.91 Å². The number of ether oxygens (including phenoxy) is 2. The van der Waals surface area contributed by atoms with Crippen LogP contribution in [-0.2, 0) is 16.1 Å².